The van der Waals surface area contributed by atoms with Crippen molar-refractivity contribution in [1.82, 2.24) is 0 Å². The number of ether oxygens (including phenoxy) is 4. The fourth-order valence-corrected chi connectivity index (χ4v) is 12.4. The predicted molar refractivity (Wildman–Crippen MR) is 367 cm³/mol. The van der Waals surface area contributed by atoms with Crippen LogP contribution in [0.2, 0.25) is 0 Å². The molecule has 19 heteroatoms. The monoisotopic (exact) mass is 1340 g/mol. The maximum Gasteiger partial charge on any atom is 0.472 e. The van der Waals surface area contributed by atoms with Crippen LogP contribution < -0.4 is 0 Å². The van der Waals surface area contributed by atoms with Crippen molar-refractivity contribution in [2.45, 2.75) is 375 Å². The van der Waals surface area contributed by atoms with Crippen molar-refractivity contribution >= 4 is 39.5 Å². The molecule has 0 aliphatic rings. The molecule has 0 aromatic heterocycles. The van der Waals surface area contributed by atoms with E-state index >= 15 is 0 Å². The van der Waals surface area contributed by atoms with Gasteiger partial charge in [0.2, 0.25) is 0 Å². The highest BCUT2D eigenvalue weighted by molar-refractivity contribution is 7.47. The van der Waals surface area contributed by atoms with E-state index in [1.807, 2.05) is 0 Å². The summed E-state index contributed by atoms with van der Waals surface area (Å²) in [5, 5.41) is 10.6. The number of rotatable bonds is 69. The summed E-state index contributed by atoms with van der Waals surface area (Å²) in [4.78, 5) is 72.6. The van der Waals surface area contributed by atoms with Gasteiger partial charge in [-0.1, -0.05) is 306 Å². The normalized spacial score (nSPS) is 14.8. The largest absolute Gasteiger partial charge is 0.472 e. The molecule has 540 valence electrons. The minimum absolute atomic E-state index is 0.103. The highest BCUT2D eigenvalue weighted by Gasteiger charge is 2.30. The number of hydrogen-bond acceptors (Lipinski definition) is 15. The number of aliphatic hydroxyl groups is 1. The Kier molecular flexibility index (Phi) is 60.3. The third-order valence-electron chi connectivity index (χ3n) is 17.3. The molecule has 3 N–H and O–H groups in total. The first-order valence-corrected chi connectivity index (χ1v) is 40.3. The number of unbranched alkanes of at least 4 members (excludes halogenated alkanes) is 33. The highest BCUT2D eigenvalue weighted by atomic mass is 31.2. The Labute approximate surface area is 556 Å². The molecule has 17 nitrogen and oxygen atoms in total. The second kappa shape index (κ2) is 61.6. The van der Waals surface area contributed by atoms with Crippen LogP contribution in [0.1, 0.15) is 357 Å². The van der Waals surface area contributed by atoms with Crippen LogP contribution in [0.3, 0.4) is 0 Å². The Morgan fingerprint density at radius 2 is 0.527 bits per heavy atom. The highest BCUT2D eigenvalue weighted by Crippen LogP contribution is 2.45. The van der Waals surface area contributed by atoms with Crippen molar-refractivity contribution in [2.24, 2.45) is 23.7 Å². The summed E-state index contributed by atoms with van der Waals surface area (Å²) in [5.74, 6) is 0.900. The molecule has 0 spiro atoms. The van der Waals surface area contributed by atoms with Gasteiger partial charge >= 0.3 is 39.5 Å². The molecule has 0 saturated carbocycles. The summed E-state index contributed by atoms with van der Waals surface area (Å²) >= 11 is 0. The third kappa shape index (κ3) is 63.9. The van der Waals surface area contributed by atoms with E-state index in [1.165, 1.54) is 154 Å². The number of phosphoric acid groups is 2. The number of aliphatic hydroxyl groups excluding tert-OH is 1. The zero-order valence-electron chi connectivity index (χ0n) is 59.5. The van der Waals surface area contributed by atoms with Gasteiger partial charge < -0.3 is 33.8 Å². The smallest absolute Gasteiger partial charge is 0.462 e. The SMILES string of the molecule is CCC(C)CCCCCCCCCCC(=O)OC[C@H](COP(=O)(O)OC[C@@H](O)COP(=O)(O)OC[C@@H](COC(=O)CCCCCCCCC(C)CC)OC(=O)CCCCCCCCCCC(C)C)OC(=O)CCCCCCCCCCCCCCCCCC(C)C. The van der Waals surface area contributed by atoms with Gasteiger partial charge in [-0.2, -0.15) is 0 Å². The number of esters is 4. The van der Waals surface area contributed by atoms with Gasteiger partial charge in [0, 0.05) is 25.7 Å². The van der Waals surface area contributed by atoms with Crippen molar-refractivity contribution < 1.29 is 80.2 Å². The molecule has 7 atom stereocenters. The molecule has 0 rings (SSSR count). The molecule has 0 aromatic carbocycles. The molecular weight excluding hydrogens is 1200 g/mol. The first-order chi connectivity index (χ1) is 43.7. The standard InChI is InChI=1S/C72H140O17P2/c1-9-64(7)50-42-34-26-21-23-27-36-44-52-69(74)82-58-67(88-71(76)54-46-38-28-19-17-15-13-11-12-14-16-18-24-32-40-48-62(3)4)60-86-90(78,79)84-56-66(73)57-85-91(80,81)87-61-68(59-83-70(75)53-45-37-31-30-35-43-51-65(8)10-2)89-72(77)55-47-39-29-22-20-25-33-41-49-63(5)6/h62-68,73H,9-61H2,1-8H3,(H,78,79)(H,80,81)/t64?,65?,66-,67-,68-/m1/s1. The van der Waals surface area contributed by atoms with Crippen LogP contribution >= 0.6 is 15.6 Å². The van der Waals surface area contributed by atoms with E-state index in [0.29, 0.717) is 25.7 Å². The average Bonchev–Trinajstić information content (AvgIpc) is 3.67. The molecule has 0 radical (unpaired) electrons. The molecule has 0 fully saturated rings. The Morgan fingerprint density at radius 1 is 0.308 bits per heavy atom. The van der Waals surface area contributed by atoms with Crippen molar-refractivity contribution in [1.29, 1.82) is 0 Å². The summed E-state index contributed by atoms with van der Waals surface area (Å²) in [5.41, 5.74) is 0. The fourth-order valence-electron chi connectivity index (χ4n) is 10.8. The van der Waals surface area contributed by atoms with E-state index in [2.05, 4.69) is 55.4 Å². The minimum Gasteiger partial charge on any atom is -0.462 e. The van der Waals surface area contributed by atoms with Gasteiger partial charge in [-0.25, -0.2) is 9.13 Å². The summed E-state index contributed by atoms with van der Waals surface area (Å²) < 4.78 is 68.3. The number of hydrogen-bond donors (Lipinski definition) is 3. The summed E-state index contributed by atoms with van der Waals surface area (Å²) in [6, 6.07) is 0. The number of carbonyl (C=O) groups excluding carboxylic acids is 4. The van der Waals surface area contributed by atoms with E-state index in [-0.39, 0.29) is 25.7 Å². The van der Waals surface area contributed by atoms with E-state index in [0.717, 1.165) is 120 Å². The fraction of sp³-hybridized carbons (Fsp3) is 0.944. The Morgan fingerprint density at radius 3 is 0.780 bits per heavy atom. The lowest BCUT2D eigenvalue weighted by Crippen LogP contribution is -2.30. The third-order valence-corrected chi connectivity index (χ3v) is 19.2. The number of phosphoric ester groups is 2. The second-order valence-corrected chi connectivity index (χ2v) is 30.3. The summed E-state index contributed by atoms with van der Waals surface area (Å²) in [6.07, 6.45) is 44.5. The van der Waals surface area contributed by atoms with Gasteiger partial charge in [0.25, 0.3) is 0 Å². The van der Waals surface area contributed by atoms with Crippen molar-refractivity contribution in [2.75, 3.05) is 39.6 Å². The molecule has 0 aromatic rings. The van der Waals surface area contributed by atoms with Gasteiger partial charge in [0.15, 0.2) is 12.2 Å². The quantitative estimate of drug-likeness (QED) is 0.0222. The Bertz CT molecular complexity index is 1800. The summed E-state index contributed by atoms with van der Waals surface area (Å²) in [6.45, 7) is 14.1. The van der Waals surface area contributed by atoms with E-state index in [1.54, 1.807) is 0 Å². The van der Waals surface area contributed by atoms with E-state index < -0.39 is 97.5 Å². The number of carbonyl (C=O) groups is 4. The molecular formula is C72H140O17P2. The topological polar surface area (TPSA) is 237 Å². The maximum absolute atomic E-state index is 13.0. The lowest BCUT2D eigenvalue weighted by atomic mass is 9.99. The molecule has 91 heavy (non-hydrogen) atoms. The van der Waals surface area contributed by atoms with E-state index in [4.69, 9.17) is 37.0 Å². The average molecular weight is 1340 g/mol. The van der Waals surface area contributed by atoms with Gasteiger partial charge in [-0.05, 0) is 49.4 Å². The van der Waals surface area contributed by atoms with Crippen LogP contribution in [-0.2, 0) is 65.4 Å². The molecule has 0 heterocycles. The second-order valence-electron chi connectivity index (χ2n) is 27.4. The van der Waals surface area contributed by atoms with Crippen LogP contribution in [0.25, 0.3) is 0 Å². The van der Waals surface area contributed by atoms with Crippen LogP contribution in [0.15, 0.2) is 0 Å². The van der Waals surface area contributed by atoms with Crippen molar-refractivity contribution in [3.63, 3.8) is 0 Å². The van der Waals surface area contributed by atoms with Crippen molar-refractivity contribution in [3.05, 3.63) is 0 Å². The molecule has 0 aliphatic heterocycles. The van der Waals surface area contributed by atoms with Gasteiger partial charge in [0.1, 0.15) is 19.3 Å². The molecule has 0 amide bonds. The van der Waals surface area contributed by atoms with Crippen LogP contribution in [0, 0.1) is 23.7 Å². The van der Waals surface area contributed by atoms with Gasteiger partial charge in [-0.3, -0.25) is 37.3 Å². The van der Waals surface area contributed by atoms with Crippen LogP contribution in [-0.4, -0.2) is 96.7 Å². The zero-order valence-corrected chi connectivity index (χ0v) is 61.3. The lowest BCUT2D eigenvalue weighted by Gasteiger charge is -2.21. The first-order valence-electron chi connectivity index (χ1n) is 37.3. The van der Waals surface area contributed by atoms with Gasteiger partial charge in [-0.15, -0.1) is 0 Å². The summed E-state index contributed by atoms with van der Waals surface area (Å²) in [7, 11) is -9.91. The molecule has 0 saturated heterocycles. The maximum atomic E-state index is 13.0. The van der Waals surface area contributed by atoms with Crippen LogP contribution in [0.5, 0.6) is 0 Å². The van der Waals surface area contributed by atoms with Crippen molar-refractivity contribution in [3.8, 4) is 0 Å². The van der Waals surface area contributed by atoms with E-state index in [9.17, 15) is 43.2 Å². The molecule has 4 unspecified atom stereocenters. The lowest BCUT2D eigenvalue weighted by molar-refractivity contribution is -0.161. The minimum atomic E-state index is -4.95. The zero-order chi connectivity index (χ0) is 67.5. The predicted octanol–water partition coefficient (Wildman–Crippen LogP) is 20.5. The first kappa shape index (κ1) is 89.1. The molecule has 0 aliphatic carbocycles. The molecule has 0 bridgehead atoms. The van der Waals surface area contributed by atoms with Crippen LogP contribution in [0.4, 0.5) is 0 Å². The Hall–Kier alpha value is -1.94. The Balaban J connectivity index is 5.24. The van der Waals surface area contributed by atoms with Gasteiger partial charge in [0.05, 0.1) is 26.4 Å².